The van der Waals surface area contributed by atoms with Crippen molar-refractivity contribution in [2.75, 3.05) is 0 Å². The van der Waals surface area contributed by atoms with Gasteiger partial charge in [-0.3, -0.25) is 9.59 Å². The molecular formula is C22H22N2O2S. The number of nitrogens with one attached hydrogen (secondary N) is 1. The second-order valence-corrected chi connectivity index (χ2v) is 7.33. The van der Waals surface area contributed by atoms with Gasteiger partial charge in [-0.05, 0) is 53.3 Å². The zero-order valence-electron chi connectivity index (χ0n) is 15.1. The Balaban J connectivity index is 1.83. The number of rotatable bonds is 7. The summed E-state index contributed by atoms with van der Waals surface area (Å²) in [6.07, 6.45) is 2.15. The van der Waals surface area contributed by atoms with Gasteiger partial charge in [-0.1, -0.05) is 43.7 Å². The maximum Gasteiger partial charge on any atom is 0.252 e. The Labute approximate surface area is 163 Å². The van der Waals surface area contributed by atoms with E-state index in [1.54, 1.807) is 35.6 Å². The van der Waals surface area contributed by atoms with Gasteiger partial charge in [0.1, 0.15) is 0 Å². The van der Waals surface area contributed by atoms with Crippen LogP contribution >= 0.6 is 11.3 Å². The molecule has 0 aliphatic carbocycles. The Morgan fingerprint density at radius 3 is 2.22 bits per heavy atom. The van der Waals surface area contributed by atoms with Crippen molar-refractivity contribution in [1.82, 2.24) is 5.32 Å². The molecule has 1 heterocycles. The van der Waals surface area contributed by atoms with Crippen molar-refractivity contribution < 1.29 is 9.59 Å². The first-order valence-corrected chi connectivity index (χ1v) is 9.79. The number of carbonyl (C=O) groups excluding carboxylic acids is 2. The lowest BCUT2D eigenvalue weighted by molar-refractivity contribution is 0.0941. The summed E-state index contributed by atoms with van der Waals surface area (Å²) in [5, 5.41) is 5.11. The summed E-state index contributed by atoms with van der Waals surface area (Å²) < 4.78 is 0. The number of hydrogen-bond acceptors (Lipinski definition) is 3. The SMILES string of the molecule is CCCc1ccc(C(NC(=O)c2ccc(C(N)=O)cc2)c2cccs2)cc1. The van der Waals surface area contributed by atoms with Crippen molar-refractivity contribution in [2.45, 2.75) is 25.8 Å². The van der Waals surface area contributed by atoms with Gasteiger partial charge < -0.3 is 11.1 Å². The van der Waals surface area contributed by atoms with E-state index in [0.29, 0.717) is 11.1 Å². The molecule has 2 amide bonds. The molecule has 1 atom stereocenters. The van der Waals surface area contributed by atoms with Crippen LogP contribution in [0.3, 0.4) is 0 Å². The van der Waals surface area contributed by atoms with Gasteiger partial charge in [0.05, 0.1) is 6.04 Å². The molecule has 0 bridgehead atoms. The van der Waals surface area contributed by atoms with Crippen LogP contribution in [0.25, 0.3) is 0 Å². The van der Waals surface area contributed by atoms with Gasteiger partial charge in [-0.2, -0.15) is 0 Å². The van der Waals surface area contributed by atoms with E-state index in [1.807, 2.05) is 17.5 Å². The summed E-state index contributed by atoms with van der Waals surface area (Å²) in [6.45, 7) is 2.16. The average Bonchev–Trinajstić information content (AvgIpc) is 3.21. The van der Waals surface area contributed by atoms with Crippen molar-refractivity contribution >= 4 is 23.2 Å². The van der Waals surface area contributed by atoms with Gasteiger partial charge in [0.15, 0.2) is 0 Å². The van der Waals surface area contributed by atoms with E-state index in [0.717, 1.165) is 23.3 Å². The first-order chi connectivity index (χ1) is 13.1. The van der Waals surface area contributed by atoms with Gasteiger partial charge in [-0.15, -0.1) is 11.3 Å². The maximum atomic E-state index is 12.8. The van der Waals surface area contributed by atoms with Crippen molar-refractivity contribution in [1.29, 1.82) is 0 Å². The second kappa shape index (κ2) is 8.64. The van der Waals surface area contributed by atoms with E-state index < -0.39 is 5.91 Å². The zero-order valence-corrected chi connectivity index (χ0v) is 16.0. The van der Waals surface area contributed by atoms with E-state index in [2.05, 4.69) is 36.5 Å². The predicted molar refractivity (Wildman–Crippen MR) is 109 cm³/mol. The molecule has 5 heteroatoms. The van der Waals surface area contributed by atoms with Crippen molar-refractivity contribution in [3.63, 3.8) is 0 Å². The first kappa shape index (κ1) is 18.9. The van der Waals surface area contributed by atoms with E-state index >= 15 is 0 Å². The largest absolute Gasteiger partial charge is 0.366 e. The summed E-state index contributed by atoms with van der Waals surface area (Å²) in [4.78, 5) is 25.0. The molecule has 0 spiro atoms. The molecule has 3 N–H and O–H groups in total. The van der Waals surface area contributed by atoms with Crippen LogP contribution in [0.1, 0.15) is 56.1 Å². The zero-order chi connectivity index (χ0) is 19.2. The number of amides is 2. The van der Waals surface area contributed by atoms with Crippen LogP contribution in [0.5, 0.6) is 0 Å². The molecule has 3 aromatic rings. The molecule has 0 fully saturated rings. The Kier molecular flexibility index (Phi) is 6.04. The van der Waals surface area contributed by atoms with Crippen LogP contribution in [0.4, 0.5) is 0 Å². The van der Waals surface area contributed by atoms with Crippen LogP contribution in [-0.4, -0.2) is 11.8 Å². The molecule has 0 aliphatic heterocycles. The fourth-order valence-corrected chi connectivity index (χ4v) is 3.74. The number of nitrogens with two attached hydrogens (primary N) is 1. The molecule has 0 aliphatic rings. The summed E-state index contributed by atoms with van der Waals surface area (Å²) in [5.41, 5.74) is 8.46. The Morgan fingerprint density at radius 2 is 1.67 bits per heavy atom. The van der Waals surface area contributed by atoms with E-state index in [1.165, 1.54) is 5.56 Å². The standard InChI is InChI=1S/C22H22N2O2S/c1-2-4-15-6-8-16(9-7-15)20(19-5-3-14-27-19)24-22(26)18-12-10-17(11-13-18)21(23)25/h3,5-14,20H,2,4H2,1H3,(H2,23,25)(H,24,26). The highest BCUT2D eigenvalue weighted by molar-refractivity contribution is 7.10. The molecule has 0 saturated carbocycles. The fraction of sp³-hybridized carbons (Fsp3) is 0.182. The minimum atomic E-state index is -0.509. The van der Waals surface area contributed by atoms with E-state index in [-0.39, 0.29) is 11.9 Å². The van der Waals surface area contributed by atoms with Crippen LogP contribution in [0.15, 0.2) is 66.0 Å². The lowest BCUT2D eigenvalue weighted by Gasteiger charge is -2.19. The third kappa shape index (κ3) is 4.63. The lowest BCUT2D eigenvalue weighted by atomic mass is 10.0. The molecule has 0 saturated heterocycles. The third-order valence-corrected chi connectivity index (χ3v) is 5.32. The maximum absolute atomic E-state index is 12.8. The Hall–Kier alpha value is -2.92. The number of thiophene rings is 1. The lowest BCUT2D eigenvalue weighted by Crippen LogP contribution is -2.29. The van der Waals surface area contributed by atoms with Crippen LogP contribution in [0.2, 0.25) is 0 Å². The third-order valence-electron chi connectivity index (χ3n) is 4.39. The molecule has 2 aromatic carbocycles. The Bertz CT molecular complexity index is 901. The summed E-state index contributed by atoms with van der Waals surface area (Å²) in [5.74, 6) is -0.701. The first-order valence-electron chi connectivity index (χ1n) is 8.91. The van der Waals surface area contributed by atoms with Crippen molar-refractivity contribution in [2.24, 2.45) is 5.73 Å². The summed E-state index contributed by atoms with van der Waals surface area (Å²) >= 11 is 1.61. The average molecular weight is 378 g/mol. The van der Waals surface area contributed by atoms with E-state index in [9.17, 15) is 9.59 Å². The summed E-state index contributed by atoms with van der Waals surface area (Å²) in [7, 11) is 0. The fourth-order valence-electron chi connectivity index (χ4n) is 2.94. The molecule has 27 heavy (non-hydrogen) atoms. The van der Waals surface area contributed by atoms with Gasteiger partial charge in [0.25, 0.3) is 5.91 Å². The summed E-state index contributed by atoms with van der Waals surface area (Å²) in [6, 6.07) is 18.5. The van der Waals surface area contributed by atoms with E-state index in [4.69, 9.17) is 5.73 Å². The topological polar surface area (TPSA) is 72.2 Å². The quantitative estimate of drug-likeness (QED) is 0.643. The van der Waals surface area contributed by atoms with Crippen molar-refractivity contribution in [3.8, 4) is 0 Å². The highest BCUT2D eigenvalue weighted by Crippen LogP contribution is 2.27. The number of aryl methyl sites for hydroxylation is 1. The van der Waals surface area contributed by atoms with Gasteiger partial charge in [0.2, 0.25) is 5.91 Å². The molecule has 138 valence electrons. The minimum absolute atomic E-state index is 0.193. The van der Waals surface area contributed by atoms with Crippen molar-refractivity contribution in [3.05, 3.63) is 93.2 Å². The number of benzene rings is 2. The smallest absolute Gasteiger partial charge is 0.252 e. The molecule has 1 unspecified atom stereocenters. The molecule has 3 rings (SSSR count). The highest BCUT2D eigenvalue weighted by atomic mass is 32.1. The molecule has 4 nitrogen and oxygen atoms in total. The molecule has 1 aromatic heterocycles. The monoisotopic (exact) mass is 378 g/mol. The Morgan fingerprint density at radius 1 is 1.00 bits per heavy atom. The van der Waals surface area contributed by atoms with Gasteiger partial charge in [-0.25, -0.2) is 0 Å². The van der Waals surface area contributed by atoms with Gasteiger partial charge in [0, 0.05) is 16.0 Å². The number of hydrogen-bond donors (Lipinski definition) is 2. The van der Waals surface area contributed by atoms with Crippen LogP contribution < -0.4 is 11.1 Å². The molecule has 0 radical (unpaired) electrons. The second-order valence-electron chi connectivity index (χ2n) is 6.36. The number of carbonyl (C=O) groups is 2. The molecular weight excluding hydrogens is 356 g/mol. The minimum Gasteiger partial charge on any atom is -0.366 e. The highest BCUT2D eigenvalue weighted by Gasteiger charge is 2.19. The van der Waals surface area contributed by atoms with Gasteiger partial charge >= 0.3 is 0 Å². The predicted octanol–water partition coefficient (Wildman–Crippen LogP) is 4.32. The normalized spacial score (nSPS) is 11.7. The number of primary amides is 1. The van der Waals surface area contributed by atoms with Crippen LogP contribution in [-0.2, 0) is 6.42 Å². The van der Waals surface area contributed by atoms with Crippen LogP contribution in [0, 0.1) is 0 Å².